The van der Waals surface area contributed by atoms with Gasteiger partial charge in [0.05, 0.1) is 24.5 Å². The Bertz CT molecular complexity index is 930. The van der Waals surface area contributed by atoms with Gasteiger partial charge in [-0.2, -0.15) is 0 Å². The first-order valence-corrected chi connectivity index (χ1v) is 15.1. The third kappa shape index (κ3) is 11.5. The molecule has 2 fully saturated rings. The van der Waals surface area contributed by atoms with Gasteiger partial charge in [-0.3, -0.25) is 24.6 Å². The molecule has 0 spiro atoms. The molecular formula is C31H52N4O6. The van der Waals surface area contributed by atoms with Crippen LogP contribution in [0.25, 0.3) is 0 Å². The van der Waals surface area contributed by atoms with Crippen LogP contribution in [0.1, 0.15) is 90.9 Å². The number of carbonyl (C=O) groups is 4. The van der Waals surface area contributed by atoms with Gasteiger partial charge in [-0.05, 0) is 38.4 Å². The highest BCUT2D eigenvalue weighted by Gasteiger charge is 2.40. The smallest absolute Gasteiger partial charge is 0.307 e. The van der Waals surface area contributed by atoms with Crippen LogP contribution in [0.2, 0.25) is 0 Å². The molecule has 0 radical (unpaired) electrons. The molecule has 6 unspecified atom stereocenters. The third-order valence-corrected chi connectivity index (χ3v) is 7.42. The van der Waals surface area contributed by atoms with Gasteiger partial charge in [0, 0.05) is 31.6 Å². The number of amides is 2. The summed E-state index contributed by atoms with van der Waals surface area (Å²) < 4.78 is 5.13. The monoisotopic (exact) mass is 576 g/mol. The van der Waals surface area contributed by atoms with Crippen molar-refractivity contribution in [1.29, 1.82) is 0 Å². The number of piperazine rings is 1. The fraction of sp³-hybridized carbons (Fsp3) is 0.677. The first-order valence-electron chi connectivity index (χ1n) is 15.1. The third-order valence-electron chi connectivity index (χ3n) is 7.42. The van der Waals surface area contributed by atoms with E-state index in [0.717, 1.165) is 32.1 Å². The Hall–Kier alpha value is -2.82. The minimum Gasteiger partial charge on any atom is -0.461 e. The quantitative estimate of drug-likeness (QED) is 0.208. The van der Waals surface area contributed by atoms with Gasteiger partial charge in [-0.1, -0.05) is 65.7 Å². The number of hydrogen-bond acceptors (Lipinski definition) is 8. The molecular weight excluding hydrogens is 524 g/mol. The minimum absolute atomic E-state index is 0.0316. The predicted molar refractivity (Wildman–Crippen MR) is 160 cm³/mol. The number of esters is 1. The highest BCUT2D eigenvalue weighted by atomic mass is 16.6. The zero-order valence-corrected chi connectivity index (χ0v) is 26.0. The molecule has 2 amide bonds. The van der Waals surface area contributed by atoms with Gasteiger partial charge in [0.2, 0.25) is 5.91 Å². The first-order chi connectivity index (χ1) is 19.6. The molecule has 0 aliphatic carbocycles. The lowest BCUT2D eigenvalue weighted by Crippen LogP contribution is -2.66. The lowest BCUT2D eigenvalue weighted by atomic mass is 10.0. The Balaban J connectivity index is 0.000000410. The molecule has 0 saturated carbocycles. The zero-order valence-electron chi connectivity index (χ0n) is 26.0. The molecule has 3 N–H and O–H groups in total. The molecule has 2 saturated heterocycles. The van der Waals surface area contributed by atoms with E-state index < -0.39 is 6.23 Å². The van der Waals surface area contributed by atoms with E-state index in [4.69, 9.17) is 4.74 Å². The molecule has 2 heterocycles. The zero-order chi connectivity index (χ0) is 30.9. The highest BCUT2D eigenvalue weighted by molar-refractivity contribution is 5.95. The predicted octanol–water partition coefficient (Wildman–Crippen LogP) is 3.13. The van der Waals surface area contributed by atoms with Crippen molar-refractivity contribution in [2.45, 2.75) is 117 Å². The van der Waals surface area contributed by atoms with Gasteiger partial charge >= 0.3 is 5.97 Å². The average Bonchev–Trinajstić information content (AvgIpc) is 3.31. The Morgan fingerprint density at radius 2 is 1.80 bits per heavy atom. The second kappa shape index (κ2) is 19.3. The molecule has 0 bridgehead atoms. The van der Waals surface area contributed by atoms with Crippen LogP contribution in [0, 0.1) is 0 Å². The topological polar surface area (TPSA) is 128 Å². The van der Waals surface area contributed by atoms with Crippen LogP contribution in [-0.2, 0) is 19.1 Å². The molecule has 1 aromatic carbocycles. The summed E-state index contributed by atoms with van der Waals surface area (Å²) in [5.74, 6) is -0.395. The number of likely N-dealkylation sites (N-methyl/N-ethyl adjacent to an activating group) is 1. The van der Waals surface area contributed by atoms with Gasteiger partial charge in [0.1, 0.15) is 18.6 Å². The van der Waals surface area contributed by atoms with Crippen molar-refractivity contribution in [3.63, 3.8) is 0 Å². The SMILES string of the molecule is CC.CCC1CN(C(C)=O)CC(C(O)NC2CC(=O)OC2C)N1CC.CCCCC(C=O)NC(=O)c1ccccc1. The molecule has 41 heavy (non-hydrogen) atoms. The second-order valence-electron chi connectivity index (χ2n) is 10.2. The molecule has 1 aromatic rings. The molecule has 10 nitrogen and oxygen atoms in total. The maximum atomic E-state index is 11.8. The van der Waals surface area contributed by atoms with Gasteiger partial charge in [0.25, 0.3) is 5.91 Å². The number of aldehydes is 1. The summed E-state index contributed by atoms with van der Waals surface area (Å²) in [5.41, 5.74) is 0.589. The molecule has 10 heteroatoms. The summed E-state index contributed by atoms with van der Waals surface area (Å²) in [6.45, 7) is 15.6. The lowest BCUT2D eigenvalue weighted by Gasteiger charge is -2.48. The molecule has 0 aromatic heterocycles. The summed E-state index contributed by atoms with van der Waals surface area (Å²) >= 11 is 0. The normalized spacial score (nSPS) is 23.6. The van der Waals surface area contributed by atoms with Gasteiger partial charge in [-0.15, -0.1) is 0 Å². The van der Waals surface area contributed by atoms with Gasteiger partial charge in [0.15, 0.2) is 0 Å². The Kier molecular flexibility index (Phi) is 17.1. The standard InChI is InChI=1S/C16H29N3O4.C13H17NO2.C2H6/c1-5-12-8-18(11(4)20)9-14(19(12)6-2)16(22)17-13-7-15(21)23-10(13)3;1-2-3-9-12(10-15)14-13(16)11-7-5-4-6-8-11;1-2/h10,12-14,16-17,22H,5-9H2,1-4H3;4-8,10,12H,2-3,9H2,1H3,(H,14,16);1-2H3. The summed E-state index contributed by atoms with van der Waals surface area (Å²) in [4.78, 5) is 49.7. The number of hydrogen-bond donors (Lipinski definition) is 3. The number of benzene rings is 1. The number of aliphatic hydroxyl groups is 1. The van der Waals surface area contributed by atoms with Crippen molar-refractivity contribution < 1.29 is 29.0 Å². The van der Waals surface area contributed by atoms with Crippen molar-refractivity contribution in [3.8, 4) is 0 Å². The van der Waals surface area contributed by atoms with Crippen LogP contribution in [0.4, 0.5) is 0 Å². The van der Waals surface area contributed by atoms with E-state index in [1.165, 1.54) is 0 Å². The Morgan fingerprint density at radius 1 is 1.15 bits per heavy atom. The Morgan fingerprint density at radius 3 is 2.29 bits per heavy atom. The van der Waals surface area contributed by atoms with E-state index in [0.29, 0.717) is 25.1 Å². The molecule has 232 valence electrons. The maximum absolute atomic E-state index is 11.8. The van der Waals surface area contributed by atoms with Gasteiger partial charge < -0.3 is 24.9 Å². The number of nitrogens with one attached hydrogen (secondary N) is 2. The summed E-state index contributed by atoms with van der Waals surface area (Å²) in [7, 11) is 0. The van der Waals surface area contributed by atoms with Crippen LogP contribution in [0.3, 0.4) is 0 Å². The fourth-order valence-corrected chi connectivity index (χ4v) is 5.08. The van der Waals surface area contributed by atoms with E-state index in [1.54, 1.807) is 36.1 Å². The fourth-order valence-electron chi connectivity index (χ4n) is 5.08. The first kappa shape index (κ1) is 36.2. The summed E-state index contributed by atoms with van der Waals surface area (Å²) in [6.07, 6.45) is 3.60. The van der Waals surface area contributed by atoms with Crippen LogP contribution in [-0.4, -0.2) is 95.1 Å². The van der Waals surface area contributed by atoms with E-state index in [-0.39, 0.29) is 54.5 Å². The molecule has 6 atom stereocenters. The van der Waals surface area contributed by atoms with Crippen LogP contribution >= 0.6 is 0 Å². The number of rotatable bonds is 11. The molecule has 2 aliphatic rings. The van der Waals surface area contributed by atoms with Crippen LogP contribution in [0.5, 0.6) is 0 Å². The Labute approximate surface area is 246 Å². The lowest BCUT2D eigenvalue weighted by molar-refractivity contribution is -0.141. The average molecular weight is 577 g/mol. The van der Waals surface area contributed by atoms with E-state index in [1.807, 2.05) is 26.8 Å². The van der Waals surface area contributed by atoms with E-state index in [9.17, 15) is 24.3 Å². The van der Waals surface area contributed by atoms with Crippen molar-refractivity contribution >= 4 is 24.1 Å². The van der Waals surface area contributed by atoms with Crippen LogP contribution < -0.4 is 10.6 Å². The number of aliphatic hydroxyl groups excluding tert-OH is 1. The number of nitrogens with zero attached hydrogens (tertiary/aromatic N) is 2. The van der Waals surface area contributed by atoms with Crippen molar-refractivity contribution in [2.75, 3.05) is 19.6 Å². The molecule has 2 aliphatic heterocycles. The number of unbranched alkanes of at least 4 members (excludes halogenated alkanes) is 1. The highest BCUT2D eigenvalue weighted by Crippen LogP contribution is 2.22. The number of ether oxygens (including phenoxy) is 1. The molecule has 3 rings (SSSR count). The van der Waals surface area contributed by atoms with E-state index >= 15 is 0 Å². The van der Waals surface area contributed by atoms with Crippen molar-refractivity contribution in [1.82, 2.24) is 20.4 Å². The number of carbonyl (C=O) groups excluding carboxylic acids is 4. The summed E-state index contributed by atoms with van der Waals surface area (Å²) in [6, 6.07) is 8.41. The van der Waals surface area contributed by atoms with Gasteiger partial charge in [-0.25, -0.2) is 0 Å². The minimum atomic E-state index is -0.812. The van der Waals surface area contributed by atoms with Crippen molar-refractivity contribution in [2.24, 2.45) is 0 Å². The second-order valence-corrected chi connectivity index (χ2v) is 10.2. The van der Waals surface area contributed by atoms with Crippen molar-refractivity contribution in [3.05, 3.63) is 35.9 Å². The maximum Gasteiger partial charge on any atom is 0.307 e. The van der Waals surface area contributed by atoms with Crippen LogP contribution in [0.15, 0.2) is 30.3 Å². The van der Waals surface area contributed by atoms with E-state index in [2.05, 4.69) is 36.3 Å². The largest absolute Gasteiger partial charge is 0.461 e. The summed E-state index contributed by atoms with van der Waals surface area (Å²) in [5, 5.41) is 16.5. The number of cyclic esters (lactones) is 1.